The van der Waals surface area contributed by atoms with Crippen LogP contribution in [0.3, 0.4) is 0 Å². The molecule has 11 heteroatoms. The highest BCUT2D eigenvalue weighted by Crippen LogP contribution is 2.22. The standard InChI is InChI=1S/C29H28N6O5/c1-3-39-26(36)15-17-35(24-6-4-5-16-30-24)28(37)21-12-13-23-22(18-21)31-25(34(23)2)14-9-19-7-10-20(11-8-19)27-32-29(38)40-33-27/h4-8,10-13,16,18H,3,9,14-15,17H2,1-2H3,(H,32,33,38). The molecule has 0 aliphatic carbocycles. The molecule has 3 aromatic heterocycles. The first-order valence-corrected chi connectivity index (χ1v) is 12.9. The monoisotopic (exact) mass is 540 g/mol. The summed E-state index contributed by atoms with van der Waals surface area (Å²) in [5, 5.41) is 3.71. The Kier molecular flexibility index (Phi) is 7.81. The van der Waals surface area contributed by atoms with Crippen molar-refractivity contribution in [1.82, 2.24) is 24.7 Å². The average Bonchev–Trinajstić information content (AvgIpc) is 3.55. The van der Waals surface area contributed by atoms with Crippen molar-refractivity contribution in [2.45, 2.75) is 26.2 Å². The second-order valence-corrected chi connectivity index (χ2v) is 9.13. The van der Waals surface area contributed by atoms with Crippen molar-refractivity contribution in [3.05, 3.63) is 94.4 Å². The molecule has 40 heavy (non-hydrogen) atoms. The zero-order valence-electron chi connectivity index (χ0n) is 22.2. The predicted octanol–water partition coefficient (Wildman–Crippen LogP) is 3.70. The normalized spacial score (nSPS) is 11.1. The van der Waals surface area contributed by atoms with E-state index in [2.05, 4.69) is 19.6 Å². The minimum atomic E-state index is -0.591. The van der Waals surface area contributed by atoms with Gasteiger partial charge in [-0.25, -0.2) is 14.8 Å². The van der Waals surface area contributed by atoms with E-state index in [4.69, 9.17) is 9.72 Å². The number of amides is 1. The first kappa shape index (κ1) is 26.5. The van der Waals surface area contributed by atoms with Crippen LogP contribution < -0.4 is 10.7 Å². The number of pyridine rings is 1. The largest absolute Gasteiger partial charge is 0.466 e. The van der Waals surface area contributed by atoms with Gasteiger partial charge in [0.2, 0.25) is 0 Å². The third-order valence-electron chi connectivity index (χ3n) is 6.54. The first-order valence-electron chi connectivity index (χ1n) is 12.9. The fourth-order valence-corrected chi connectivity index (χ4v) is 4.47. The van der Waals surface area contributed by atoms with E-state index in [1.54, 1.807) is 43.5 Å². The Morgan fingerprint density at radius 2 is 1.90 bits per heavy atom. The number of nitrogens with zero attached hydrogens (tertiary/aromatic N) is 5. The Morgan fingerprint density at radius 3 is 2.60 bits per heavy atom. The summed E-state index contributed by atoms with van der Waals surface area (Å²) in [6, 6.07) is 18.4. The zero-order valence-corrected chi connectivity index (χ0v) is 22.2. The molecule has 0 radical (unpaired) electrons. The summed E-state index contributed by atoms with van der Waals surface area (Å²) in [4.78, 5) is 49.9. The Labute approximate surface area is 229 Å². The van der Waals surface area contributed by atoms with Crippen LogP contribution in [0.15, 0.2) is 76.2 Å². The van der Waals surface area contributed by atoms with Gasteiger partial charge in [-0.05, 0) is 49.2 Å². The van der Waals surface area contributed by atoms with Crippen LogP contribution in [0, 0.1) is 0 Å². The summed E-state index contributed by atoms with van der Waals surface area (Å²) >= 11 is 0. The average molecular weight is 541 g/mol. The van der Waals surface area contributed by atoms with Gasteiger partial charge in [-0.15, -0.1) is 0 Å². The molecule has 0 aliphatic rings. The van der Waals surface area contributed by atoms with Gasteiger partial charge in [0.1, 0.15) is 11.6 Å². The lowest BCUT2D eigenvalue weighted by molar-refractivity contribution is -0.142. The molecule has 0 aliphatic heterocycles. The van der Waals surface area contributed by atoms with E-state index < -0.39 is 5.76 Å². The highest BCUT2D eigenvalue weighted by atomic mass is 16.5. The predicted molar refractivity (Wildman–Crippen MR) is 148 cm³/mol. The van der Waals surface area contributed by atoms with E-state index in [0.717, 1.165) is 28.9 Å². The van der Waals surface area contributed by atoms with E-state index in [1.807, 2.05) is 41.9 Å². The van der Waals surface area contributed by atoms with E-state index in [9.17, 15) is 14.4 Å². The minimum absolute atomic E-state index is 0.0592. The van der Waals surface area contributed by atoms with Crippen LogP contribution in [0.25, 0.3) is 22.4 Å². The van der Waals surface area contributed by atoms with Gasteiger partial charge in [0.25, 0.3) is 5.91 Å². The Bertz CT molecular complexity index is 1690. The third kappa shape index (κ3) is 5.83. The number of aryl methyl sites for hydroxylation is 3. The molecular weight excluding hydrogens is 512 g/mol. The molecule has 1 amide bonds. The number of ether oxygens (including phenoxy) is 1. The zero-order chi connectivity index (χ0) is 28.1. The Balaban J connectivity index is 1.32. The lowest BCUT2D eigenvalue weighted by Gasteiger charge is -2.21. The summed E-state index contributed by atoms with van der Waals surface area (Å²) in [6.45, 7) is 2.17. The number of anilines is 1. The number of aromatic nitrogens is 5. The van der Waals surface area contributed by atoms with Crippen molar-refractivity contribution in [3.63, 3.8) is 0 Å². The molecule has 0 spiro atoms. The van der Waals surface area contributed by atoms with Crippen LogP contribution in [-0.4, -0.2) is 49.7 Å². The number of hydrogen-bond acceptors (Lipinski definition) is 8. The van der Waals surface area contributed by atoms with Crippen LogP contribution in [0.5, 0.6) is 0 Å². The van der Waals surface area contributed by atoms with Gasteiger partial charge in [0, 0.05) is 37.3 Å². The molecule has 5 rings (SSSR count). The van der Waals surface area contributed by atoms with Crippen molar-refractivity contribution in [3.8, 4) is 11.4 Å². The molecule has 11 nitrogen and oxygen atoms in total. The van der Waals surface area contributed by atoms with Crippen LogP contribution in [0.4, 0.5) is 5.82 Å². The second-order valence-electron chi connectivity index (χ2n) is 9.13. The molecule has 0 atom stereocenters. The summed E-state index contributed by atoms with van der Waals surface area (Å²) in [5.74, 6) is 0.494. The number of H-pyrrole nitrogens is 1. The maximum absolute atomic E-state index is 13.6. The van der Waals surface area contributed by atoms with Gasteiger partial charge in [0.05, 0.1) is 24.1 Å². The van der Waals surface area contributed by atoms with E-state index >= 15 is 0 Å². The molecule has 0 fully saturated rings. The van der Waals surface area contributed by atoms with Gasteiger partial charge < -0.3 is 9.30 Å². The minimum Gasteiger partial charge on any atom is -0.466 e. The van der Waals surface area contributed by atoms with Crippen LogP contribution in [0.2, 0.25) is 0 Å². The van der Waals surface area contributed by atoms with Crippen molar-refractivity contribution < 1.29 is 18.8 Å². The maximum atomic E-state index is 13.6. The highest BCUT2D eigenvalue weighted by molar-refractivity contribution is 6.07. The summed E-state index contributed by atoms with van der Waals surface area (Å²) in [6.07, 6.45) is 3.11. The molecule has 0 saturated heterocycles. The van der Waals surface area contributed by atoms with Crippen LogP contribution in [-0.2, 0) is 29.4 Å². The lowest BCUT2D eigenvalue weighted by Crippen LogP contribution is -2.34. The first-order chi connectivity index (χ1) is 19.4. The molecule has 204 valence electrons. The van der Waals surface area contributed by atoms with Crippen LogP contribution in [0.1, 0.15) is 35.1 Å². The number of aromatic amines is 1. The van der Waals surface area contributed by atoms with Crippen LogP contribution >= 0.6 is 0 Å². The highest BCUT2D eigenvalue weighted by Gasteiger charge is 2.21. The fraction of sp³-hybridized carbons (Fsp3) is 0.241. The molecule has 1 N–H and O–H groups in total. The number of carbonyl (C=O) groups excluding carboxylic acids is 2. The summed E-state index contributed by atoms with van der Waals surface area (Å²) in [7, 11) is 1.95. The van der Waals surface area contributed by atoms with Gasteiger partial charge in [0.15, 0.2) is 5.82 Å². The van der Waals surface area contributed by atoms with Crippen molar-refractivity contribution >= 4 is 28.7 Å². The maximum Gasteiger partial charge on any atom is 0.439 e. The summed E-state index contributed by atoms with van der Waals surface area (Å²) in [5.41, 5.74) is 3.93. The Morgan fingerprint density at radius 1 is 1.07 bits per heavy atom. The number of esters is 1. The van der Waals surface area contributed by atoms with Crippen molar-refractivity contribution in [2.24, 2.45) is 7.05 Å². The number of rotatable bonds is 10. The quantitative estimate of drug-likeness (QED) is 0.265. The second kappa shape index (κ2) is 11.8. The van der Waals surface area contributed by atoms with E-state index in [1.165, 1.54) is 4.90 Å². The van der Waals surface area contributed by atoms with Gasteiger partial charge in [-0.3, -0.25) is 24.0 Å². The molecular formula is C29H28N6O5. The van der Waals surface area contributed by atoms with Gasteiger partial charge in [-0.2, -0.15) is 0 Å². The van der Waals surface area contributed by atoms with Gasteiger partial charge >= 0.3 is 11.7 Å². The van der Waals surface area contributed by atoms with Crippen molar-refractivity contribution in [2.75, 3.05) is 18.1 Å². The molecule has 5 aromatic rings. The number of hydrogen-bond donors (Lipinski definition) is 1. The SMILES string of the molecule is CCOC(=O)CCN(C(=O)c1ccc2c(c1)nc(CCc1ccc(-c3noc(=O)[nH]3)cc1)n2C)c1ccccn1. The number of imidazole rings is 1. The smallest absolute Gasteiger partial charge is 0.439 e. The van der Waals surface area contributed by atoms with Gasteiger partial charge in [-0.1, -0.05) is 35.5 Å². The fourth-order valence-electron chi connectivity index (χ4n) is 4.47. The van der Waals surface area contributed by atoms with E-state index in [-0.39, 0.29) is 31.4 Å². The molecule has 2 aromatic carbocycles. The number of nitrogens with one attached hydrogen (secondary N) is 1. The van der Waals surface area contributed by atoms with Crippen molar-refractivity contribution in [1.29, 1.82) is 0 Å². The topological polar surface area (TPSA) is 136 Å². The summed E-state index contributed by atoms with van der Waals surface area (Å²) < 4.78 is 11.6. The number of carbonyl (C=O) groups is 2. The van der Waals surface area contributed by atoms with E-state index in [0.29, 0.717) is 29.1 Å². The lowest BCUT2D eigenvalue weighted by atomic mass is 10.1. The molecule has 0 bridgehead atoms. The number of fused-ring (bicyclic) bond motifs is 1. The number of benzene rings is 2. The molecule has 3 heterocycles. The molecule has 0 saturated carbocycles. The third-order valence-corrected chi connectivity index (χ3v) is 6.54. The Hall–Kier alpha value is -5.06. The molecule has 0 unspecified atom stereocenters.